The molecular formula is C49H58FN11O5S2. The number of sulfonamides is 1. The molecule has 0 spiro atoms. The van der Waals surface area contributed by atoms with Crippen molar-refractivity contribution < 1.29 is 22.4 Å². The number of amides is 2. The van der Waals surface area contributed by atoms with Gasteiger partial charge in [0.2, 0.25) is 27.8 Å². The van der Waals surface area contributed by atoms with Crippen LogP contribution in [0.3, 0.4) is 0 Å². The van der Waals surface area contributed by atoms with Crippen molar-refractivity contribution in [3.63, 3.8) is 0 Å². The van der Waals surface area contributed by atoms with E-state index in [9.17, 15) is 22.8 Å². The molecule has 2 amide bonds. The van der Waals surface area contributed by atoms with Gasteiger partial charge in [-0.3, -0.25) is 29.1 Å². The van der Waals surface area contributed by atoms with Crippen LogP contribution in [0.4, 0.5) is 27.4 Å². The van der Waals surface area contributed by atoms with Crippen LogP contribution in [0.5, 0.6) is 0 Å². The summed E-state index contributed by atoms with van der Waals surface area (Å²) in [6.07, 6.45) is 12.4. The summed E-state index contributed by atoms with van der Waals surface area (Å²) >= 11 is 1.42. The minimum absolute atomic E-state index is 0.116. The maximum Gasteiger partial charge on any atom is 0.259 e. The SMILES string of the molecule is CCCS(=O)(=O)Nc1cccc(-c2nc(C(C)(C)C)sc2-c2ccnc(Nc3cnn(CC4CCN(CC5CCN(c6ccc7c(=O)n([C@@H]8CCC(=O)NC8=O)ccc7c6)CC5)CC4)c3)n2)c1F. The van der Waals surface area contributed by atoms with Crippen molar-refractivity contribution in [3.05, 3.63) is 94.5 Å². The number of pyridine rings is 1. The Bertz CT molecular complexity index is 3000. The number of aromatic nitrogens is 6. The Hall–Kier alpha value is -6.05. The largest absolute Gasteiger partial charge is 0.371 e. The second-order valence-corrected chi connectivity index (χ2v) is 22.2. The molecule has 9 rings (SSSR count). The van der Waals surface area contributed by atoms with Gasteiger partial charge >= 0.3 is 0 Å². The summed E-state index contributed by atoms with van der Waals surface area (Å²) in [4.78, 5) is 57.3. The summed E-state index contributed by atoms with van der Waals surface area (Å²) in [5.74, 6) is -0.0626. The third kappa shape index (κ3) is 10.5. The number of likely N-dealkylation sites (tertiary alicyclic amines) is 1. The lowest BCUT2D eigenvalue weighted by Crippen LogP contribution is -2.44. The molecule has 0 unspecified atom stereocenters. The van der Waals surface area contributed by atoms with E-state index < -0.39 is 27.8 Å². The minimum Gasteiger partial charge on any atom is -0.371 e. The molecule has 6 aromatic rings. The monoisotopic (exact) mass is 963 g/mol. The molecule has 3 fully saturated rings. The number of imide groups is 1. The molecule has 19 heteroatoms. The topological polar surface area (TPSA) is 189 Å². The van der Waals surface area contributed by atoms with Crippen LogP contribution >= 0.6 is 11.3 Å². The molecule has 1 atom stereocenters. The third-order valence-corrected chi connectivity index (χ3v) is 16.1. The lowest BCUT2D eigenvalue weighted by atomic mass is 9.92. The molecule has 4 aromatic heterocycles. The Kier molecular flexibility index (Phi) is 13.5. The van der Waals surface area contributed by atoms with Gasteiger partial charge in [-0.1, -0.05) is 33.8 Å². The van der Waals surface area contributed by atoms with Gasteiger partial charge in [-0.2, -0.15) is 5.10 Å². The predicted molar refractivity (Wildman–Crippen MR) is 264 cm³/mol. The summed E-state index contributed by atoms with van der Waals surface area (Å²) in [7, 11) is -3.72. The first-order valence-electron chi connectivity index (χ1n) is 23.5. The fourth-order valence-electron chi connectivity index (χ4n) is 9.48. The van der Waals surface area contributed by atoms with Gasteiger partial charge in [0.05, 0.1) is 44.6 Å². The highest BCUT2D eigenvalue weighted by molar-refractivity contribution is 7.92. The molecule has 0 aliphatic carbocycles. The summed E-state index contributed by atoms with van der Waals surface area (Å²) in [5.41, 5.74) is 2.29. The number of piperidine rings is 3. The number of benzene rings is 2. The van der Waals surface area contributed by atoms with E-state index in [1.807, 2.05) is 49.8 Å². The number of hydrogen-bond donors (Lipinski definition) is 3. The Balaban J connectivity index is 0.773. The number of nitrogens with one attached hydrogen (secondary N) is 3. The lowest BCUT2D eigenvalue weighted by molar-refractivity contribution is -0.135. The number of carbonyl (C=O) groups is 2. The van der Waals surface area contributed by atoms with Crippen molar-refractivity contribution >= 4 is 67.0 Å². The molecule has 3 N–H and O–H groups in total. The van der Waals surface area contributed by atoms with Crippen LogP contribution in [-0.4, -0.2) is 92.9 Å². The van der Waals surface area contributed by atoms with Crippen LogP contribution in [0.25, 0.3) is 32.6 Å². The zero-order chi connectivity index (χ0) is 47.7. The summed E-state index contributed by atoms with van der Waals surface area (Å²) in [6.45, 7) is 13.8. The van der Waals surface area contributed by atoms with Crippen molar-refractivity contribution in [2.75, 3.05) is 53.4 Å². The number of thiazole rings is 1. The second-order valence-electron chi connectivity index (χ2n) is 19.3. The third-order valence-electron chi connectivity index (χ3n) is 13.1. The first-order valence-corrected chi connectivity index (χ1v) is 26.0. The molecule has 3 aliphatic heterocycles. The molecule has 3 aliphatic rings. The van der Waals surface area contributed by atoms with Crippen molar-refractivity contribution in [2.45, 2.75) is 90.6 Å². The van der Waals surface area contributed by atoms with Crippen molar-refractivity contribution in [1.82, 2.24) is 39.5 Å². The van der Waals surface area contributed by atoms with E-state index in [2.05, 4.69) is 41.3 Å². The zero-order valence-electron chi connectivity index (χ0n) is 38.9. The van der Waals surface area contributed by atoms with Crippen LogP contribution in [0.2, 0.25) is 0 Å². The highest BCUT2D eigenvalue weighted by Gasteiger charge is 2.31. The Morgan fingerprint density at radius 2 is 1.69 bits per heavy atom. The molecule has 2 aromatic carbocycles. The van der Waals surface area contributed by atoms with Gasteiger partial charge in [-0.05, 0) is 111 Å². The Morgan fingerprint density at radius 3 is 2.44 bits per heavy atom. The Morgan fingerprint density at radius 1 is 0.926 bits per heavy atom. The maximum absolute atomic E-state index is 16.1. The number of rotatable bonds is 14. The first-order chi connectivity index (χ1) is 32.6. The van der Waals surface area contributed by atoms with E-state index in [4.69, 9.17) is 9.97 Å². The molecule has 16 nitrogen and oxygen atoms in total. The van der Waals surface area contributed by atoms with Gasteiger partial charge in [0.25, 0.3) is 5.56 Å². The normalized spacial score (nSPS) is 18.0. The molecule has 3 saturated heterocycles. The second kappa shape index (κ2) is 19.5. The number of nitrogens with zero attached hydrogens (tertiary/aromatic N) is 8. The number of carbonyl (C=O) groups excluding carboxylic acids is 2. The van der Waals surface area contributed by atoms with Crippen molar-refractivity contribution in [2.24, 2.45) is 11.8 Å². The van der Waals surface area contributed by atoms with E-state index in [0.29, 0.717) is 52.3 Å². The summed E-state index contributed by atoms with van der Waals surface area (Å²) < 4.78 is 47.0. The van der Waals surface area contributed by atoms with E-state index in [-0.39, 0.29) is 40.3 Å². The quantitative estimate of drug-likeness (QED) is 0.0904. The molecular weight excluding hydrogens is 906 g/mol. The average molecular weight is 964 g/mol. The van der Waals surface area contributed by atoms with E-state index >= 15 is 4.39 Å². The highest BCUT2D eigenvalue weighted by atomic mass is 32.2. The van der Waals surface area contributed by atoms with Gasteiger partial charge < -0.3 is 19.7 Å². The van der Waals surface area contributed by atoms with Crippen LogP contribution in [0.15, 0.2) is 78.1 Å². The number of anilines is 4. The predicted octanol–water partition coefficient (Wildman–Crippen LogP) is 7.72. The fraction of sp³-hybridized carbons (Fsp3) is 0.449. The van der Waals surface area contributed by atoms with Gasteiger partial charge in [-0.15, -0.1) is 11.3 Å². The van der Waals surface area contributed by atoms with Gasteiger partial charge in [0, 0.05) is 73.2 Å². The highest BCUT2D eigenvalue weighted by Crippen LogP contribution is 2.42. The lowest BCUT2D eigenvalue weighted by Gasteiger charge is -2.38. The van der Waals surface area contributed by atoms with Crippen LogP contribution in [0, 0.1) is 17.7 Å². The van der Waals surface area contributed by atoms with Crippen molar-refractivity contribution in [3.8, 4) is 21.8 Å². The average Bonchev–Trinajstić information content (AvgIpc) is 3.96. The molecule has 0 radical (unpaired) electrons. The number of halogens is 1. The van der Waals surface area contributed by atoms with Gasteiger partial charge in [0.1, 0.15) is 6.04 Å². The maximum atomic E-state index is 16.1. The number of fused-ring (bicyclic) bond motifs is 1. The van der Waals surface area contributed by atoms with E-state index in [1.165, 1.54) is 22.0 Å². The van der Waals surface area contributed by atoms with Crippen LogP contribution in [-0.2, 0) is 31.6 Å². The van der Waals surface area contributed by atoms with Crippen LogP contribution in [0.1, 0.15) is 83.7 Å². The van der Waals surface area contributed by atoms with E-state index in [1.54, 1.807) is 43.7 Å². The van der Waals surface area contributed by atoms with Crippen LogP contribution < -0.4 is 25.8 Å². The molecule has 68 heavy (non-hydrogen) atoms. The standard InChI is InChI=1S/C49H58FN11O5S2/c1-5-25-68(65,66)57-38-8-6-7-37(42(38)50)43-44(67-47(56-43)49(2,3)4)39-13-19-51-48(54-39)53-34-27-52-60(30-34)29-32-14-20-58(21-15-32)28-31-16-22-59(23-17-31)35-9-10-36-33(26-35)18-24-61(46(36)64)40-11-12-41(62)55-45(40)63/h6-10,13,18-19,24,26-27,30-32,40,57H,5,11-12,14-17,20-23,25,28-29H2,1-4H3,(H,51,53,54)(H,55,62,63)/t40-/m1/s1. The van der Waals surface area contributed by atoms with Gasteiger partial charge in [0.15, 0.2) is 5.82 Å². The molecule has 358 valence electrons. The summed E-state index contributed by atoms with van der Waals surface area (Å²) in [6, 6.07) is 13.6. The molecule has 0 saturated carbocycles. The zero-order valence-corrected chi connectivity index (χ0v) is 40.5. The smallest absolute Gasteiger partial charge is 0.259 e. The first kappa shape index (κ1) is 47.0. The minimum atomic E-state index is -3.72. The molecule has 0 bridgehead atoms. The number of hydrogen-bond acceptors (Lipinski definition) is 13. The summed E-state index contributed by atoms with van der Waals surface area (Å²) in [5, 5.41) is 12.5. The van der Waals surface area contributed by atoms with Crippen molar-refractivity contribution in [1.29, 1.82) is 0 Å². The van der Waals surface area contributed by atoms with Gasteiger partial charge in [-0.25, -0.2) is 27.8 Å². The van der Waals surface area contributed by atoms with E-state index in [0.717, 1.165) is 86.7 Å². The Labute approximate surface area is 399 Å². The fourth-order valence-corrected chi connectivity index (χ4v) is 11.7. The molecule has 7 heterocycles.